The van der Waals surface area contributed by atoms with Gasteiger partial charge in [-0.3, -0.25) is 4.79 Å². The van der Waals surface area contributed by atoms with Gasteiger partial charge in [-0.25, -0.2) is 4.39 Å². The molecule has 0 fully saturated rings. The van der Waals surface area contributed by atoms with E-state index in [4.69, 9.17) is 11.0 Å². The molecule has 100 valence electrons. The van der Waals surface area contributed by atoms with E-state index in [1.54, 1.807) is 25.1 Å². The van der Waals surface area contributed by atoms with Gasteiger partial charge in [0.05, 0.1) is 16.8 Å². The van der Waals surface area contributed by atoms with Crippen molar-refractivity contribution in [3.8, 4) is 6.07 Å². The molecule has 0 aromatic heterocycles. The molecular weight excluding hydrogens is 257 g/mol. The van der Waals surface area contributed by atoms with Gasteiger partial charge in [0.2, 0.25) is 0 Å². The molecule has 4 nitrogen and oxygen atoms in total. The maximum absolute atomic E-state index is 13.7. The van der Waals surface area contributed by atoms with E-state index in [1.807, 2.05) is 6.07 Å². The number of rotatable bonds is 2. The van der Waals surface area contributed by atoms with Crippen LogP contribution in [0.25, 0.3) is 0 Å². The number of carbonyl (C=O) groups excluding carboxylic acids is 1. The summed E-state index contributed by atoms with van der Waals surface area (Å²) in [6, 6.07) is 10.9. The Morgan fingerprint density at radius 3 is 2.75 bits per heavy atom. The number of amides is 1. The molecule has 2 rings (SSSR count). The lowest BCUT2D eigenvalue weighted by atomic mass is 10.1. The van der Waals surface area contributed by atoms with Gasteiger partial charge in [0, 0.05) is 5.69 Å². The second-order valence-corrected chi connectivity index (χ2v) is 4.30. The van der Waals surface area contributed by atoms with Gasteiger partial charge in [0.1, 0.15) is 11.9 Å². The van der Waals surface area contributed by atoms with Crippen molar-refractivity contribution in [1.82, 2.24) is 0 Å². The average molecular weight is 269 g/mol. The molecule has 0 radical (unpaired) electrons. The van der Waals surface area contributed by atoms with Crippen LogP contribution < -0.4 is 11.1 Å². The lowest BCUT2D eigenvalue weighted by molar-refractivity contribution is 0.102. The minimum atomic E-state index is -0.700. The zero-order valence-corrected chi connectivity index (χ0v) is 10.8. The lowest BCUT2D eigenvalue weighted by Crippen LogP contribution is -2.15. The summed E-state index contributed by atoms with van der Waals surface area (Å²) in [4.78, 5) is 12.0. The van der Waals surface area contributed by atoms with Crippen LogP contribution in [-0.4, -0.2) is 5.91 Å². The molecule has 0 bridgehead atoms. The van der Waals surface area contributed by atoms with Crippen LogP contribution in [0, 0.1) is 24.1 Å². The number of carbonyl (C=O) groups is 1. The number of hydrogen-bond donors (Lipinski definition) is 2. The zero-order chi connectivity index (χ0) is 14.7. The van der Waals surface area contributed by atoms with E-state index in [1.165, 1.54) is 12.1 Å². The third-order valence-electron chi connectivity index (χ3n) is 2.87. The fourth-order valence-corrected chi connectivity index (χ4v) is 1.83. The first-order valence-corrected chi connectivity index (χ1v) is 5.89. The lowest BCUT2D eigenvalue weighted by Gasteiger charge is -2.09. The molecular formula is C15H12FN3O. The van der Waals surface area contributed by atoms with E-state index in [2.05, 4.69) is 5.32 Å². The number of nitrogens with one attached hydrogen (secondary N) is 1. The van der Waals surface area contributed by atoms with Crippen molar-refractivity contribution in [3.05, 3.63) is 58.9 Å². The third kappa shape index (κ3) is 2.59. The van der Waals surface area contributed by atoms with Crippen molar-refractivity contribution in [2.75, 3.05) is 11.1 Å². The Kier molecular flexibility index (Phi) is 3.67. The third-order valence-corrected chi connectivity index (χ3v) is 2.87. The van der Waals surface area contributed by atoms with E-state index < -0.39 is 11.7 Å². The van der Waals surface area contributed by atoms with Crippen LogP contribution in [0.5, 0.6) is 0 Å². The summed E-state index contributed by atoms with van der Waals surface area (Å²) in [5.41, 5.74) is 7.01. The first-order chi connectivity index (χ1) is 9.52. The predicted molar refractivity (Wildman–Crippen MR) is 74.7 cm³/mol. The molecule has 0 aliphatic rings. The topological polar surface area (TPSA) is 78.9 Å². The first kappa shape index (κ1) is 13.6. The fourth-order valence-electron chi connectivity index (χ4n) is 1.83. The van der Waals surface area contributed by atoms with E-state index in [-0.39, 0.29) is 11.3 Å². The van der Waals surface area contributed by atoms with Gasteiger partial charge in [-0.1, -0.05) is 12.1 Å². The van der Waals surface area contributed by atoms with Gasteiger partial charge in [0.25, 0.3) is 5.91 Å². The van der Waals surface area contributed by atoms with E-state index in [0.717, 1.165) is 11.6 Å². The summed E-state index contributed by atoms with van der Waals surface area (Å²) in [7, 11) is 0. The number of benzene rings is 2. The molecule has 5 heteroatoms. The van der Waals surface area contributed by atoms with E-state index in [9.17, 15) is 9.18 Å². The van der Waals surface area contributed by atoms with Crippen LogP contribution in [0.1, 0.15) is 21.5 Å². The van der Waals surface area contributed by atoms with E-state index in [0.29, 0.717) is 11.3 Å². The van der Waals surface area contributed by atoms with Crippen LogP contribution in [0.4, 0.5) is 15.8 Å². The molecule has 0 unspecified atom stereocenters. The Morgan fingerprint density at radius 1 is 1.35 bits per heavy atom. The van der Waals surface area contributed by atoms with Gasteiger partial charge >= 0.3 is 0 Å². The Labute approximate surface area is 115 Å². The van der Waals surface area contributed by atoms with Crippen molar-refractivity contribution >= 4 is 17.3 Å². The highest BCUT2D eigenvalue weighted by atomic mass is 19.1. The van der Waals surface area contributed by atoms with Crippen LogP contribution in [0.15, 0.2) is 36.4 Å². The highest BCUT2D eigenvalue weighted by Crippen LogP contribution is 2.20. The van der Waals surface area contributed by atoms with Gasteiger partial charge < -0.3 is 11.1 Å². The number of nitrogens with two attached hydrogens (primary N) is 1. The van der Waals surface area contributed by atoms with Crippen molar-refractivity contribution < 1.29 is 9.18 Å². The van der Waals surface area contributed by atoms with E-state index >= 15 is 0 Å². The largest absolute Gasteiger partial charge is 0.399 e. The molecule has 2 aromatic carbocycles. The summed E-state index contributed by atoms with van der Waals surface area (Å²) in [5.74, 6) is -1.32. The van der Waals surface area contributed by atoms with Crippen LogP contribution >= 0.6 is 0 Å². The zero-order valence-electron chi connectivity index (χ0n) is 10.8. The molecule has 20 heavy (non-hydrogen) atoms. The number of hydrogen-bond acceptors (Lipinski definition) is 3. The summed E-state index contributed by atoms with van der Waals surface area (Å²) in [5, 5.41) is 11.6. The number of anilines is 2. The maximum atomic E-state index is 13.7. The quantitative estimate of drug-likeness (QED) is 0.823. The molecule has 0 saturated carbocycles. The molecule has 0 saturated heterocycles. The number of nitriles is 1. The summed E-state index contributed by atoms with van der Waals surface area (Å²) >= 11 is 0. The monoisotopic (exact) mass is 269 g/mol. The summed E-state index contributed by atoms with van der Waals surface area (Å²) in [6.07, 6.45) is 0. The number of nitrogens with zero attached hydrogens (tertiary/aromatic N) is 1. The van der Waals surface area contributed by atoms with Gasteiger partial charge in [-0.15, -0.1) is 0 Å². The molecule has 2 aromatic rings. The van der Waals surface area contributed by atoms with Crippen LogP contribution in [0.2, 0.25) is 0 Å². The standard InChI is InChI=1S/C15H12FN3O/c1-9-3-2-4-14(12(9)8-17)19-15(20)11-6-5-10(18)7-13(11)16/h2-7H,18H2,1H3,(H,19,20). The molecule has 3 N–H and O–H groups in total. The molecule has 1 amide bonds. The maximum Gasteiger partial charge on any atom is 0.258 e. The summed E-state index contributed by atoms with van der Waals surface area (Å²) in [6.45, 7) is 1.76. The van der Waals surface area contributed by atoms with Gasteiger partial charge in [-0.05, 0) is 36.8 Å². The highest BCUT2D eigenvalue weighted by Gasteiger charge is 2.14. The SMILES string of the molecule is Cc1cccc(NC(=O)c2ccc(N)cc2F)c1C#N. The predicted octanol–water partition coefficient (Wildman–Crippen LogP) is 2.84. The Hall–Kier alpha value is -2.87. The number of nitrogen functional groups attached to an aromatic ring is 1. The second-order valence-electron chi connectivity index (χ2n) is 4.30. The van der Waals surface area contributed by atoms with Crippen molar-refractivity contribution in [3.63, 3.8) is 0 Å². The average Bonchev–Trinajstić information content (AvgIpc) is 2.38. The van der Waals surface area contributed by atoms with Gasteiger partial charge in [-0.2, -0.15) is 5.26 Å². The van der Waals surface area contributed by atoms with Crippen LogP contribution in [-0.2, 0) is 0 Å². The Balaban J connectivity index is 2.33. The van der Waals surface area contributed by atoms with Crippen molar-refractivity contribution in [2.45, 2.75) is 6.92 Å². The van der Waals surface area contributed by atoms with Crippen LogP contribution in [0.3, 0.4) is 0 Å². The van der Waals surface area contributed by atoms with Crippen molar-refractivity contribution in [1.29, 1.82) is 5.26 Å². The smallest absolute Gasteiger partial charge is 0.258 e. The fraction of sp³-hybridized carbons (Fsp3) is 0.0667. The number of aryl methyl sites for hydroxylation is 1. The summed E-state index contributed by atoms with van der Waals surface area (Å²) < 4.78 is 13.7. The first-order valence-electron chi connectivity index (χ1n) is 5.89. The van der Waals surface area contributed by atoms with Crippen molar-refractivity contribution in [2.24, 2.45) is 0 Å². The molecule has 0 aliphatic heterocycles. The normalized spacial score (nSPS) is 9.85. The molecule has 0 spiro atoms. The second kappa shape index (κ2) is 5.41. The highest BCUT2D eigenvalue weighted by molar-refractivity contribution is 6.05. The minimum absolute atomic E-state index is 0.121. The number of halogens is 1. The molecule has 0 atom stereocenters. The molecule has 0 heterocycles. The Bertz CT molecular complexity index is 720. The Morgan fingerprint density at radius 2 is 2.10 bits per heavy atom. The molecule has 0 aliphatic carbocycles. The van der Waals surface area contributed by atoms with Gasteiger partial charge in [0.15, 0.2) is 0 Å². The minimum Gasteiger partial charge on any atom is -0.399 e.